The van der Waals surface area contributed by atoms with Crippen LogP contribution in [0.5, 0.6) is 11.5 Å². The molecule has 1 aliphatic rings. The molecule has 4 rings (SSSR count). The van der Waals surface area contributed by atoms with Crippen molar-refractivity contribution in [1.29, 1.82) is 0 Å². The normalized spacial score (nSPS) is 14.6. The Balaban J connectivity index is 1.84. The van der Waals surface area contributed by atoms with Gasteiger partial charge in [-0.25, -0.2) is 9.78 Å². The van der Waals surface area contributed by atoms with E-state index in [1.807, 2.05) is 32.0 Å². The van der Waals surface area contributed by atoms with Gasteiger partial charge in [0.1, 0.15) is 16.4 Å². The third-order valence-corrected chi connectivity index (χ3v) is 6.89. The van der Waals surface area contributed by atoms with Crippen LogP contribution in [0.2, 0.25) is 0 Å². The number of aromatic nitrogens is 2. The van der Waals surface area contributed by atoms with Crippen LogP contribution in [0.3, 0.4) is 0 Å². The SMILES string of the molecule is CCOC(=O)c1sc2nc(-c3ccc(OC)c(OC)c3)c(NC3CCCCC3)n2c1C. The second kappa shape index (κ2) is 9.18. The number of imidazole rings is 1. The summed E-state index contributed by atoms with van der Waals surface area (Å²) in [7, 11) is 3.25. The van der Waals surface area contributed by atoms with Crippen molar-refractivity contribution in [3.63, 3.8) is 0 Å². The first-order chi connectivity index (χ1) is 15.1. The molecule has 0 saturated heterocycles. The molecule has 31 heavy (non-hydrogen) atoms. The molecule has 1 saturated carbocycles. The molecule has 0 bridgehead atoms. The monoisotopic (exact) mass is 443 g/mol. The van der Waals surface area contributed by atoms with E-state index >= 15 is 0 Å². The number of esters is 1. The van der Waals surface area contributed by atoms with E-state index in [1.165, 1.54) is 30.6 Å². The molecule has 8 heteroatoms. The zero-order chi connectivity index (χ0) is 22.0. The number of hydrogen-bond donors (Lipinski definition) is 1. The number of ether oxygens (including phenoxy) is 3. The highest BCUT2D eigenvalue weighted by atomic mass is 32.1. The van der Waals surface area contributed by atoms with Crippen LogP contribution in [0.25, 0.3) is 16.2 Å². The number of nitrogens with zero attached hydrogens (tertiary/aromatic N) is 2. The third kappa shape index (κ3) is 4.08. The molecule has 0 aliphatic heterocycles. The molecular formula is C23H29N3O4S. The Morgan fingerprint density at radius 2 is 1.94 bits per heavy atom. The van der Waals surface area contributed by atoms with Gasteiger partial charge in [0.05, 0.1) is 20.8 Å². The van der Waals surface area contributed by atoms with Crippen LogP contribution in [0.1, 0.15) is 54.4 Å². The van der Waals surface area contributed by atoms with E-state index < -0.39 is 0 Å². The molecule has 1 aliphatic carbocycles. The molecule has 0 unspecified atom stereocenters. The summed E-state index contributed by atoms with van der Waals surface area (Å²) in [6.07, 6.45) is 6.00. The molecule has 0 spiro atoms. The fraction of sp³-hybridized carbons (Fsp3) is 0.478. The predicted octanol–water partition coefficient (Wildman–Crippen LogP) is 5.31. The van der Waals surface area contributed by atoms with E-state index in [0.29, 0.717) is 29.0 Å². The van der Waals surface area contributed by atoms with Gasteiger partial charge in [-0.05, 0) is 44.9 Å². The lowest BCUT2D eigenvalue weighted by molar-refractivity contribution is 0.0531. The number of nitrogens with one attached hydrogen (secondary N) is 1. The van der Waals surface area contributed by atoms with Gasteiger partial charge in [-0.2, -0.15) is 0 Å². The molecule has 2 aromatic heterocycles. The highest BCUT2D eigenvalue weighted by Gasteiger charge is 2.26. The van der Waals surface area contributed by atoms with Crippen molar-refractivity contribution >= 4 is 28.1 Å². The number of rotatable bonds is 7. The smallest absolute Gasteiger partial charge is 0.350 e. The lowest BCUT2D eigenvalue weighted by atomic mass is 9.95. The number of carbonyl (C=O) groups excluding carboxylic acids is 1. The van der Waals surface area contributed by atoms with E-state index in [0.717, 1.165) is 40.6 Å². The first kappa shape index (κ1) is 21.5. The van der Waals surface area contributed by atoms with Gasteiger partial charge >= 0.3 is 5.97 Å². The summed E-state index contributed by atoms with van der Waals surface area (Å²) < 4.78 is 18.2. The van der Waals surface area contributed by atoms with Crippen LogP contribution >= 0.6 is 11.3 Å². The minimum absolute atomic E-state index is 0.299. The van der Waals surface area contributed by atoms with Gasteiger partial charge in [-0.1, -0.05) is 30.6 Å². The largest absolute Gasteiger partial charge is 0.493 e. The second-order valence-corrected chi connectivity index (χ2v) is 8.69. The maximum absolute atomic E-state index is 12.4. The summed E-state index contributed by atoms with van der Waals surface area (Å²) >= 11 is 1.36. The summed E-state index contributed by atoms with van der Waals surface area (Å²) in [5.41, 5.74) is 2.62. The molecule has 0 atom stereocenters. The third-order valence-electron chi connectivity index (χ3n) is 5.77. The molecule has 1 aromatic carbocycles. The highest BCUT2D eigenvalue weighted by Crippen LogP contribution is 2.39. The van der Waals surface area contributed by atoms with Gasteiger partial charge in [0.25, 0.3) is 0 Å². The van der Waals surface area contributed by atoms with Gasteiger partial charge in [0.2, 0.25) is 0 Å². The second-order valence-electron chi connectivity index (χ2n) is 7.71. The Kier molecular flexibility index (Phi) is 6.36. The van der Waals surface area contributed by atoms with Crippen LogP contribution in [0, 0.1) is 6.92 Å². The van der Waals surface area contributed by atoms with Crippen molar-refractivity contribution in [3.05, 3.63) is 28.8 Å². The average Bonchev–Trinajstić information content (AvgIpc) is 3.31. The Labute approximate surface area is 186 Å². The quantitative estimate of drug-likeness (QED) is 0.499. The number of benzene rings is 1. The van der Waals surface area contributed by atoms with E-state index in [2.05, 4.69) is 9.72 Å². The minimum Gasteiger partial charge on any atom is -0.493 e. The summed E-state index contributed by atoms with van der Waals surface area (Å²) in [5.74, 6) is 1.95. The number of anilines is 1. The molecule has 2 heterocycles. The zero-order valence-electron chi connectivity index (χ0n) is 18.5. The van der Waals surface area contributed by atoms with Crippen molar-refractivity contribution < 1.29 is 19.0 Å². The van der Waals surface area contributed by atoms with Gasteiger partial charge in [0.15, 0.2) is 16.5 Å². The molecule has 1 N–H and O–H groups in total. The van der Waals surface area contributed by atoms with Crippen molar-refractivity contribution in [2.75, 3.05) is 26.1 Å². The number of hydrogen-bond acceptors (Lipinski definition) is 7. The summed E-state index contributed by atoms with van der Waals surface area (Å²) in [6.45, 7) is 4.11. The van der Waals surface area contributed by atoms with Crippen LogP contribution < -0.4 is 14.8 Å². The maximum atomic E-state index is 12.4. The topological polar surface area (TPSA) is 74.1 Å². The lowest BCUT2D eigenvalue weighted by Crippen LogP contribution is -2.23. The van der Waals surface area contributed by atoms with Gasteiger partial charge < -0.3 is 19.5 Å². The van der Waals surface area contributed by atoms with Gasteiger partial charge in [-0.3, -0.25) is 4.40 Å². The lowest BCUT2D eigenvalue weighted by Gasteiger charge is -2.24. The molecule has 1 fully saturated rings. The molecule has 3 aromatic rings. The molecule has 0 amide bonds. The van der Waals surface area contributed by atoms with Crippen molar-refractivity contribution in [3.8, 4) is 22.8 Å². The fourth-order valence-electron chi connectivity index (χ4n) is 4.19. The minimum atomic E-state index is -0.299. The molecule has 0 radical (unpaired) electrons. The van der Waals surface area contributed by atoms with Crippen molar-refractivity contribution in [2.45, 2.75) is 52.0 Å². The molecule has 7 nitrogen and oxygen atoms in total. The first-order valence-electron chi connectivity index (χ1n) is 10.7. The standard InChI is InChI=1S/C23H29N3O4S/c1-5-30-22(27)20-14(2)26-21(24-16-9-7-6-8-10-16)19(25-23(26)31-20)15-11-12-17(28-3)18(13-15)29-4/h11-13,16,24H,5-10H2,1-4H3. The summed E-state index contributed by atoms with van der Waals surface area (Å²) in [5, 5.41) is 3.75. The van der Waals surface area contributed by atoms with Gasteiger partial charge in [0, 0.05) is 17.3 Å². The Bertz CT molecular complexity index is 1080. The zero-order valence-corrected chi connectivity index (χ0v) is 19.3. The molecule has 166 valence electrons. The van der Waals surface area contributed by atoms with E-state index in [-0.39, 0.29) is 5.97 Å². The van der Waals surface area contributed by atoms with Crippen molar-refractivity contribution in [1.82, 2.24) is 9.38 Å². The Morgan fingerprint density at radius 3 is 2.61 bits per heavy atom. The number of aryl methyl sites for hydroxylation is 1. The van der Waals surface area contributed by atoms with E-state index in [9.17, 15) is 4.79 Å². The predicted molar refractivity (Wildman–Crippen MR) is 123 cm³/mol. The van der Waals surface area contributed by atoms with Crippen LogP contribution in [0.15, 0.2) is 18.2 Å². The number of carbonyl (C=O) groups is 1. The van der Waals surface area contributed by atoms with Crippen molar-refractivity contribution in [2.24, 2.45) is 0 Å². The summed E-state index contributed by atoms with van der Waals surface area (Å²) in [4.78, 5) is 18.7. The Morgan fingerprint density at radius 1 is 1.19 bits per heavy atom. The van der Waals surface area contributed by atoms with Crippen LogP contribution in [0.4, 0.5) is 5.82 Å². The van der Waals surface area contributed by atoms with E-state index in [4.69, 9.17) is 19.2 Å². The maximum Gasteiger partial charge on any atom is 0.350 e. The highest BCUT2D eigenvalue weighted by molar-refractivity contribution is 7.19. The van der Waals surface area contributed by atoms with Gasteiger partial charge in [-0.15, -0.1) is 0 Å². The fourth-order valence-corrected chi connectivity index (χ4v) is 5.21. The average molecular weight is 444 g/mol. The number of thiazole rings is 1. The first-order valence-corrected chi connectivity index (χ1v) is 11.6. The molecular weight excluding hydrogens is 414 g/mol. The summed E-state index contributed by atoms with van der Waals surface area (Å²) in [6, 6.07) is 6.21. The Hall–Kier alpha value is -2.74. The van der Waals surface area contributed by atoms with Crippen LogP contribution in [-0.4, -0.2) is 42.2 Å². The van der Waals surface area contributed by atoms with E-state index in [1.54, 1.807) is 14.2 Å². The van der Waals surface area contributed by atoms with Crippen LogP contribution in [-0.2, 0) is 4.74 Å². The number of methoxy groups -OCH3 is 2. The number of fused-ring (bicyclic) bond motifs is 1.